The normalized spacial score (nSPS) is 13.9. The van der Waals surface area contributed by atoms with Gasteiger partial charge in [0.25, 0.3) is 0 Å². The van der Waals surface area contributed by atoms with Crippen molar-refractivity contribution in [2.75, 3.05) is 21.3 Å². The fourth-order valence-electron chi connectivity index (χ4n) is 2.65. The molecule has 0 fully saturated rings. The van der Waals surface area contributed by atoms with Gasteiger partial charge in [-0.2, -0.15) is 0 Å². The molecule has 120 valence electrons. The van der Waals surface area contributed by atoms with Crippen molar-refractivity contribution in [1.82, 2.24) is 5.32 Å². The van der Waals surface area contributed by atoms with Crippen molar-refractivity contribution >= 4 is 0 Å². The van der Waals surface area contributed by atoms with Crippen molar-refractivity contribution in [3.63, 3.8) is 0 Å². The lowest BCUT2D eigenvalue weighted by Crippen LogP contribution is -2.30. The maximum atomic E-state index is 5.41. The molecule has 1 N–H and O–H groups in total. The Morgan fingerprint density at radius 3 is 1.81 bits per heavy atom. The van der Waals surface area contributed by atoms with E-state index in [9.17, 15) is 0 Å². The predicted molar refractivity (Wildman–Crippen MR) is 86.6 cm³/mol. The molecule has 0 aliphatic carbocycles. The second kappa shape index (κ2) is 8.13. The van der Waals surface area contributed by atoms with Gasteiger partial charge in [0, 0.05) is 12.1 Å². The van der Waals surface area contributed by atoms with Crippen LogP contribution in [0.15, 0.2) is 12.1 Å². The molecule has 0 bridgehead atoms. The topological polar surface area (TPSA) is 39.7 Å². The molecule has 0 saturated carbocycles. The Bertz CT molecular complexity index is 421. The molecule has 0 amide bonds. The number of nitrogens with one attached hydrogen (secondary N) is 1. The van der Waals surface area contributed by atoms with Crippen LogP contribution in [-0.4, -0.2) is 27.4 Å². The lowest BCUT2D eigenvalue weighted by Gasteiger charge is -2.23. The highest BCUT2D eigenvalue weighted by Gasteiger charge is 2.17. The van der Waals surface area contributed by atoms with Crippen LogP contribution in [-0.2, 0) is 0 Å². The zero-order valence-electron chi connectivity index (χ0n) is 14.3. The number of benzene rings is 1. The third kappa shape index (κ3) is 4.81. The molecule has 0 heterocycles. The van der Waals surface area contributed by atoms with E-state index >= 15 is 0 Å². The molecule has 4 nitrogen and oxygen atoms in total. The number of rotatable bonds is 8. The highest BCUT2D eigenvalue weighted by Crippen LogP contribution is 2.39. The average molecular weight is 295 g/mol. The minimum atomic E-state index is 0.215. The summed E-state index contributed by atoms with van der Waals surface area (Å²) < 4.78 is 16.2. The standard InChI is InChI=1S/C17H29NO3/c1-11(2)8-12(3)18-13(4)14-9-15(19-5)17(21-7)16(10-14)20-6/h9-13,18H,8H2,1-7H3. The second-order valence-corrected chi connectivity index (χ2v) is 5.88. The van der Waals surface area contributed by atoms with Crippen LogP contribution < -0.4 is 19.5 Å². The first kappa shape index (κ1) is 17.6. The fourth-order valence-corrected chi connectivity index (χ4v) is 2.65. The Labute approximate surface area is 128 Å². The molecule has 0 spiro atoms. The van der Waals surface area contributed by atoms with Crippen molar-refractivity contribution in [3.05, 3.63) is 17.7 Å². The summed E-state index contributed by atoms with van der Waals surface area (Å²) in [7, 11) is 4.90. The lowest BCUT2D eigenvalue weighted by atomic mass is 10.0. The summed E-state index contributed by atoms with van der Waals surface area (Å²) in [6.45, 7) is 8.84. The van der Waals surface area contributed by atoms with Gasteiger partial charge >= 0.3 is 0 Å². The van der Waals surface area contributed by atoms with Crippen LogP contribution in [0.4, 0.5) is 0 Å². The largest absolute Gasteiger partial charge is 0.493 e. The van der Waals surface area contributed by atoms with Crippen LogP contribution in [0, 0.1) is 5.92 Å². The minimum absolute atomic E-state index is 0.215. The predicted octanol–water partition coefficient (Wildman–Crippen LogP) is 3.80. The van der Waals surface area contributed by atoms with Gasteiger partial charge in [-0.1, -0.05) is 13.8 Å². The van der Waals surface area contributed by atoms with Gasteiger partial charge in [-0.3, -0.25) is 0 Å². The molecule has 0 saturated heterocycles. The van der Waals surface area contributed by atoms with Crippen molar-refractivity contribution in [3.8, 4) is 17.2 Å². The summed E-state index contributed by atoms with van der Waals surface area (Å²) in [5.41, 5.74) is 1.13. The highest BCUT2D eigenvalue weighted by molar-refractivity contribution is 5.54. The molecule has 1 aromatic carbocycles. The van der Waals surface area contributed by atoms with E-state index in [1.54, 1.807) is 21.3 Å². The average Bonchev–Trinajstić information content (AvgIpc) is 2.44. The van der Waals surface area contributed by atoms with E-state index in [4.69, 9.17) is 14.2 Å². The molecule has 4 heteroatoms. The third-order valence-electron chi connectivity index (χ3n) is 3.55. The SMILES string of the molecule is COc1cc(C(C)NC(C)CC(C)C)cc(OC)c1OC. The summed E-state index contributed by atoms with van der Waals surface area (Å²) in [5, 5.41) is 3.62. The van der Waals surface area contributed by atoms with Gasteiger partial charge in [0.05, 0.1) is 21.3 Å². The number of hydrogen-bond donors (Lipinski definition) is 1. The molecule has 1 aromatic rings. The maximum Gasteiger partial charge on any atom is 0.203 e. The summed E-state index contributed by atoms with van der Waals surface area (Å²) in [5.74, 6) is 2.69. The van der Waals surface area contributed by atoms with E-state index in [1.807, 2.05) is 12.1 Å². The molecule has 21 heavy (non-hydrogen) atoms. The van der Waals surface area contributed by atoms with Gasteiger partial charge < -0.3 is 19.5 Å². The Kier molecular flexibility index (Phi) is 6.82. The molecule has 2 unspecified atom stereocenters. The lowest BCUT2D eigenvalue weighted by molar-refractivity contribution is 0.322. The summed E-state index contributed by atoms with van der Waals surface area (Å²) in [4.78, 5) is 0. The zero-order chi connectivity index (χ0) is 16.0. The summed E-state index contributed by atoms with van der Waals surface area (Å²) >= 11 is 0. The van der Waals surface area contributed by atoms with Gasteiger partial charge in [0.15, 0.2) is 11.5 Å². The monoisotopic (exact) mass is 295 g/mol. The van der Waals surface area contributed by atoms with E-state index in [-0.39, 0.29) is 6.04 Å². The Hall–Kier alpha value is -1.42. The first-order valence-electron chi connectivity index (χ1n) is 7.48. The fraction of sp³-hybridized carbons (Fsp3) is 0.647. The molecule has 0 aliphatic rings. The van der Waals surface area contributed by atoms with E-state index < -0.39 is 0 Å². The van der Waals surface area contributed by atoms with E-state index in [2.05, 4.69) is 33.0 Å². The Balaban J connectivity index is 2.96. The van der Waals surface area contributed by atoms with Gasteiger partial charge in [-0.05, 0) is 43.9 Å². The summed E-state index contributed by atoms with van der Waals surface area (Å²) in [6, 6.07) is 4.67. The number of ether oxygens (including phenoxy) is 3. The van der Waals surface area contributed by atoms with Crippen molar-refractivity contribution in [2.45, 2.75) is 46.2 Å². The molecule has 1 rings (SSSR count). The smallest absolute Gasteiger partial charge is 0.203 e. The van der Waals surface area contributed by atoms with Crippen molar-refractivity contribution in [2.24, 2.45) is 5.92 Å². The third-order valence-corrected chi connectivity index (χ3v) is 3.55. The summed E-state index contributed by atoms with van der Waals surface area (Å²) in [6.07, 6.45) is 1.15. The van der Waals surface area contributed by atoms with Crippen LogP contribution in [0.2, 0.25) is 0 Å². The first-order chi connectivity index (χ1) is 9.92. The van der Waals surface area contributed by atoms with Gasteiger partial charge in [-0.25, -0.2) is 0 Å². The Morgan fingerprint density at radius 2 is 1.43 bits per heavy atom. The van der Waals surface area contributed by atoms with E-state index in [0.717, 1.165) is 12.0 Å². The van der Waals surface area contributed by atoms with E-state index in [1.165, 1.54) is 0 Å². The van der Waals surface area contributed by atoms with Crippen LogP contribution in [0.25, 0.3) is 0 Å². The van der Waals surface area contributed by atoms with Crippen molar-refractivity contribution < 1.29 is 14.2 Å². The molecular formula is C17H29NO3. The minimum Gasteiger partial charge on any atom is -0.493 e. The van der Waals surface area contributed by atoms with Crippen molar-refractivity contribution in [1.29, 1.82) is 0 Å². The molecular weight excluding hydrogens is 266 g/mol. The van der Waals surface area contributed by atoms with Crippen LogP contribution in [0.1, 0.15) is 45.7 Å². The first-order valence-corrected chi connectivity index (χ1v) is 7.48. The van der Waals surface area contributed by atoms with Gasteiger partial charge in [0.1, 0.15) is 0 Å². The quantitative estimate of drug-likeness (QED) is 0.792. The number of methoxy groups -OCH3 is 3. The Morgan fingerprint density at radius 1 is 0.905 bits per heavy atom. The van der Waals surface area contributed by atoms with Crippen LogP contribution >= 0.6 is 0 Å². The highest BCUT2D eigenvalue weighted by atomic mass is 16.5. The molecule has 2 atom stereocenters. The van der Waals surface area contributed by atoms with Gasteiger partial charge in [-0.15, -0.1) is 0 Å². The molecule has 0 aliphatic heterocycles. The zero-order valence-corrected chi connectivity index (χ0v) is 14.3. The van der Waals surface area contributed by atoms with E-state index in [0.29, 0.717) is 29.2 Å². The van der Waals surface area contributed by atoms with Crippen LogP contribution in [0.3, 0.4) is 0 Å². The van der Waals surface area contributed by atoms with Crippen LogP contribution in [0.5, 0.6) is 17.2 Å². The second-order valence-electron chi connectivity index (χ2n) is 5.88. The molecule has 0 aromatic heterocycles. The number of hydrogen-bond acceptors (Lipinski definition) is 4. The maximum absolute atomic E-state index is 5.41. The molecule has 0 radical (unpaired) electrons. The van der Waals surface area contributed by atoms with Gasteiger partial charge in [0.2, 0.25) is 5.75 Å².